The third-order valence-corrected chi connectivity index (χ3v) is 3.94. The smallest absolute Gasteiger partial charge is 0.227 e. The van der Waals surface area contributed by atoms with Crippen molar-refractivity contribution in [1.29, 1.82) is 0 Å². The van der Waals surface area contributed by atoms with Crippen LogP contribution in [0.15, 0.2) is 0 Å². The molecule has 2 rings (SSSR count). The number of amides is 1. The summed E-state index contributed by atoms with van der Waals surface area (Å²) in [5, 5.41) is 0. The Morgan fingerprint density at radius 3 is 2.44 bits per heavy atom. The molecule has 1 amide bonds. The Morgan fingerprint density at radius 1 is 1.31 bits per heavy atom. The van der Waals surface area contributed by atoms with Gasteiger partial charge in [-0.2, -0.15) is 0 Å². The van der Waals surface area contributed by atoms with Crippen LogP contribution in [0.5, 0.6) is 0 Å². The van der Waals surface area contributed by atoms with Crippen LogP contribution in [0, 0.1) is 11.8 Å². The van der Waals surface area contributed by atoms with Gasteiger partial charge in [0.25, 0.3) is 0 Å². The highest BCUT2D eigenvalue weighted by molar-refractivity contribution is 5.80. The lowest BCUT2D eigenvalue weighted by Gasteiger charge is -2.30. The molecule has 0 aromatic rings. The molecule has 0 spiro atoms. The number of nitrogens with two attached hydrogens (primary N) is 1. The van der Waals surface area contributed by atoms with Gasteiger partial charge in [-0.05, 0) is 45.4 Å². The second kappa shape index (κ2) is 4.74. The highest BCUT2D eigenvalue weighted by Gasteiger charge is 2.36. The summed E-state index contributed by atoms with van der Waals surface area (Å²) in [5.41, 5.74) is 6.02. The van der Waals surface area contributed by atoms with E-state index in [2.05, 4.69) is 18.7 Å². The molecular formula is C13H24N2O. The molecule has 2 atom stereocenters. The molecule has 2 unspecified atom stereocenters. The Labute approximate surface area is 98.4 Å². The quantitative estimate of drug-likeness (QED) is 0.791. The van der Waals surface area contributed by atoms with Crippen molar-refractivity contribution in [1.82, 2.24) is 4.90 Å². The predicted molar refractivity (Wildman–Crippen MR) is 64.9 cm³/mol. The van der Waals surface area contributed by atoms with E-state index in [-0.39, 0.29) is 12.0 Å². The van der Waals surface area contributed by atoms with Gasteiger partial charge in [-0.1, -0.05) is 6.42 Å². The second-order valence-electron chi connectivity index (χ2n) is 5.73. The van der Waals surface area contributed by atoms with Crippen molar-refractivity contribution in [2.75, 3.05) is 6.54 Å². The van der Waals surface area contributed by atoms with Gasteiger partial charge < -0.3 is 10.6 Å². The van der Waals surface area contributed by atoms with Gasteiger partial charge in [0.2, 0.25) is 5.91 Å². The topological polar surface area (TPSA) is 46.3 Å². The fourth-order valence-electron chi connectivity index (χ4n) is 2.64. The van der Waals surface area contributed by atoms with Crippen molar-refractivity contribution in [2.45, 2.75) is 58.0 Å². The first-order chi connectivity index (χ1) is 7.59. The van der Waals surface area contributed by atoms with Crippen LogP contribution >= 0.6 is 0 Å². The van der Waals surface area contributed by atoms with Crippen molar-refractivity contribution < 1.29 is 4.79 Å². The largest absolute Gasteiger partial charge is 0.340 e. The number of hydrogen-bond donors (Lipinski definition) is 1. The fourth-order valence-corrected chi connectivity index (χ4v) is 2.64. The zero-order valence-corrected chi connectivity index (χ0v) is 10.5. The summed E-state index contributed by atoms with van der Waals surface area (Å²) in [6.45, 7) is 5.18. The molecule has 0 bridgehead atoms. The third kappa shape index (κ3) is 2.57. The van der Waals surface area contributed by atoms with Crippen molar-refractivity contribution in [3.8, 4) is 0 Å². The van der Waals surface area contributed by atoms with Gasteiger partial charge in [-0.15, -0.1) is 0 Å². The van der Waals surface area contributed by atoms with Crippen LogP contribution in [-0.2, 0) is 4.79 Å². The molecule has 2 N–H and O–H groups in total. The predicted octanol–water partition coefficient (Wildman–Crippen LogP) is 1.76. The number of carbonyl (C=O) groups is 1. The number of carbonyl (C=O) groups excluding carboxylic acids is 1. The van der Waals surface area contributed by atoms with Gasteiger partial charge in [0.15, 0.2) is 0 Å². The Kier molecular flexibility index (Phi) is 3.53. The normalized spacial score (nSPS) is 29.8. The molecule has 2 fully saturated rings. The minimum Gasteiger partial charge on any atom is -0.340 e. The molecule has 3 nitrogen and oxygen atoms in total. The van der Waals surface area contributed by atoms with Crippen molar-refractivity contribution in [2.24, 2.45) is 17.6 Å². The molecule has 2 aliphatic rings. The fraction of sp³-hybridized carbons (Fsp3) is 0.923. The van der Waals surface area contributed by atoms with Gasteiger partial charge in [-0.3, -0.25) is 4.79 Å². The van der Waals surface area contributed by atoms with E-state index in [1.54, 1.807) is 0 Å². The first-order valence-electron chi connectivity index (χ1n) is 6.65. The van der Waals surface area contributed by atoms with Gasteiger partial charge in [0, 0.05) is 18.6 Å². The first-order valence-corrected chi connectivity index (χ1v) is 6.65. The van der Waals surface area contributed by atoms with Crippen molar-refractivity contribution in [3.63, 3.8) is 0 Å². The van der Waals surface area contributed by atoms with Crippen molar-refractivity contribution >= 4 is 5.91 Å². The molecule has 3 heteroatoms. The maximum Gasteiger partial charge on any atom is 0.227 e. The van der Waals surface area contributed by atoms with Crippen LogP contribution in [0.3, 0.4) is 0 Å². The summed E-state index contributed by atoms with van der Waals surface area (Å²) < 4.78 is 0. The average molecular weight is 224 g/mol. The van der Waals surface area contributed by atoms with Crippen LogP contribution in [-0.4, -0.2) is 29.4 Å². The summed E-state index contributed by atoms with van der Waals surface area (Å²) >= 11 is 0. The number of nitrogens with zero attached hydrogens (tertiary/aromatic N) is 1. The highest BCUT2D eigenvalue weighted by atomic mass is 16.2. The van der Waals surface area contributed by atoms with Gasteiger partial charge in [0.05, 0.1) is 5.92 Å². The van der Waals surface area contributed by atoms with E-state index < -0.39 is 0 Å². The van der Waals surface area contributed by atoms with Crippen LogP contribution in [0.1, 0.15) is 46.0 Å². The summed E-state index contributed by atoms with van der Waals surface area (Å²) in [6.07, 6.45) is 5.73. The molecular weight excluding hydrogens is 200 g/mol. The van der Waals surface area contributed by atoms with E-state index in [0.29, 0.717) is 11.9 Å². The minimum atomic E-state index is 0.0983. The lowest BCUT2D eigenvalue weighted by Crippen LogP contribution is -2.45. The molecule has 16 heavy (non-hydrogen) atoms. The third-order valence-electron chi connectivity index (χ3n) is 3.94. The monoisotopic (exact) mass is 224 g/mol. The molecule has 0 aromatic carbocycles. The Morgan fingerprint density at radius 2 is 2.00 bits per heavy atom. The molecule has 0 saturated heterocycles. The molecule has 0 aromatic heterocycles. The Bertz CT molecular complexity index is 261. The zero-order chi connectivity index (χ0) is 11.7. The van der Waals surface area contributed by atoms with E-state index >= 15 is 0 Å². The lowest BCUT2D eigenvalue weighted by molar-refractivity contribution is -0.137. The number of rotatable bonds is 4. The Hall–Kier alpha value is -0.570. The highest BCUT2D eigenvalue weighted by Crippen LogP contribution is 2.32. The van der Waals surface area contributed by atoms with Crippen LogP contribution in [0.2, 0.25) is 0 Å². The van der Waals surface area contributed by atoms with E-state index in [9.17, 15) is 4.79 Å². The van der Waals surface area contributed by atoms with Gasteiger partial charge in [0.1, 0.15) is 0 Å². The minimum absolute atomic E-state index is 0.0983. The second-order valence-corrected chi connectivity index (χ2v) is 5.73. The molecule has 92 valence electrons. The maximum atomic E-state index is 12.4. The van der Waals surface area contributed by atoms with E-state index in [1.165, 1.54) is 12.8 Å². The molecule has 0 aliphatic heterocycles. The van der Waals surface area contributed by atoms with E-state index in [0.717, 1.165) is 31.7 Å². The lowest BCUT2D eigenvalue weighted by atomic mass is 10.0. The number of hydrogen-bond acceptors (Lipinski definition) is 2. The van der Waals surface area contributed by atoms with Crippen LogP contribution in [0.25, 0.3) is 0 Å². The molecule has 2 saturated carbocycles. The van der Waals surface area contributed by atoms with E-state index in [1.807, 2.05) is 0 Å². The maximum absolute atomic E-state index is 12.4. The standard InChI is InChI=1S/C13H24N2O/c1-9(2)15(8-10-6-7-10)13(16)11-4-3-5-12(11)14/h9-12H,3-8,14H2,1-2H3. The zero-order valence-electron chi connectivity index (χ0n) is 10.5. The summed E-state index contributed by atoms with van der Waals surface area (Å²) in [6, 6.07) is 0.425. The van der Waals surface area contributed by atoms with Gasteiger partial charge in [-0.25, -0.2) is 0 Å². The summed E-state index contributed by atoms with van der Waals surface area (Å²) in [4.78, 5) is 14.5. The summed E-state index contributed by atoms with van der Waals surface area (Å²) in [5.74, 6) is 1.18. The SMILES string of the molecule is CC(C)N(CC1CC1)C(=O)C1CCCC1N. The first kappa shape index (κ1) is 11.9. The summed E-state index contributed by atoms with van der Waals surface area (Å²) in [7, 11) is 0. The van der Waals surface area contributed by atoms with Gasteiger partial charge >= 0.3 is 0 Å². The molecule has 0 heterocycles. The van der Waals surface area contributed by atoms with Crippen LogP contribution in [0.4, 0.5) is 0 Å². The molecule has 0 radical (unpaired) electrons. The Balaban J connectivity index is 1.97. The average Bonchev–Trinajstić information content (AvgIpc) is 2.95. The van der Waals surface area contributed by atoms with Crippen molar-refractivity contribution in [3.05, 3.63) is 0 Å². The molecule has 2 aliphatic carbocycles. The van der Waals surface area contributed by atoms with E-state index in [4.69, 9.17) is 5.73 Å². The van der Waals surface area contributed by atoms with Crippen LogP contribution < -0.4 is 5.73 Å².